The van der Waals surface area contributed by atoms with E-state index in [-0.39, 0.29) is 0 Å². The Kier molecular flexibility index (Phi) is 6.58. The van der Waals surface area contributed by atoms with E-state index in [9.17, 15) is 9.90 Å². The van der Waals surface area contributed by atoms with Gasteiger partial charge in [-0.3, -0.25) is 4.98 Å². The Balaban J connectivity index is 2.17. The predicted molar refractivity (Wildman–Crippen MR) is 121 cm³/mol. The van der Waals surface area contributed by atoms with Crippen molar-refractivity contribution in [2.75, 3.05) is 31.1 Å². The quantitative estimate of drug-likeness (QED) is 0.745. The predicted octanol–water partition coefficient (Wildman–Crippen LogP) is 4.33. The average Bonchev–Trinajstić information content (AvgIpc) is 2.66. The highest BCUT2D eigenvalue weighted by Crippen LogP contribution is 2.42. The van der Waals surface area contributed by atoms with Gasteiger partial charge in [-0.2, -0.15) is 0 Å². The summed E-state index contributed by atoms with van der Waals surface area (Å²) in [6.45, 7) is 15.8. The SMILES string of the molecule is Cc1ncc(C2=CCNCC2)c(N2CCC(C)(C)CC2)c1C(OC(C)(C)C)C(=O)O. The van der Waals surface area contributed by atoms with Gasteiger partial charge >= 0.3 is 5.97 Å². The number of hydrogen-bond donors (Lipinski definition) is 2. The molecule has 166 valence electrons. The minimum Gasteiger partial charge on any atom is -0.479 e. The number of anilines is 1. The van der Waals surface area contributed by atoms with Crippen LogP contribution in [-0.2, 0) is 9.53 Å². The fraction of sp³-hybridized carbons (Fsp3) is 0.667. The molecule has 6 nitrogen and oxygen atoms in total. The molecule has 0 amide bonds. The number of ether oxygens (including phenoxy) is 1. The van der Waals surface area contributed by atoms with Crippen LogP contribution in [0.1, 0.15) is 76.8 Å². The summed E-state index contributed by atoms with van der Waals surface area (Å²) < 4.78 is 6.08. The molecule has 0 saturated carbocycles. The molecule has 0 aromatic carbocycles. The van der Waals surface area contributed by atoms with E-state index in [1.807, 2.05) is 33.9 Å². The first-order chi connectivity index (χ1) is 14.0. The van der Waals surface area contributed by atoms with Crippen LogP contribution < -0.4 is 10.2 Å². The van der Waals surface area contributed by atoms with Crippen molar-refractivity contribution < 1.29 is 14.6 Å². The maximum Gasteiger partial charge on any atom is 0.337 e. The fourth-order valence-corrected chi connectivity index (χ4v) is 4.29. The van der Waals surface area contributed by atoms with E-state index in [2.05, 4.69) is 35.1 Å². The number of carboxylic acid groups (broad SMARTS) is 1. The van der Waals surface area contributed by atoms with E-state index in [0.717, 1.165) is 62.4 Å². The number of nitrogens with one attached hydrogen (secondary N) is 1. The second-order valence-electron chi connectivity index (χ2n) is 10.3. The number of aromatic nitrogens is 1. The lowest BCUT2D eigenvalue weighted by Crippen LogP contribution is -2.39. The van der Waals surface area contributed by atoms with Crippen LogP contribution in [0.4, 0.5) is 5.69 Å². The van der Waals surface area contributed by atoms with E-state index in [1.54, 1.807) is 0 Å². The molecule has 6 heteroatoms. The zero-order valence-corrected chi connectivity index (χ0v) is 19.3. The number of piperidine rings is 1. The standard InChI is InChI=1S/C24H37N3O3/c1-16-19(21(22(28)29)30-23(2,3)4)20(27-13-9-24(5,6)10-14-27)18(15-26-16)17-7-11-25-12-8-17/h7,15,21,25H,8-14H2,1-6H3,(H,28,29). The molecule has 1 fully saturated rings. The summed E-state index contributed by atoms with van der Waals surface area (Å²) in [5.41, 5.74) is 4.45. The second kappa shape index (κ2) is 8.67. The molecule has 0 spiro atoms. The van der Waals surface area contributed by atoms with Gasteiger partial charge in [0.1, 0.15) is 0 Å². The zero-order chi connectivity index (χ0) is 22.1. The molecule has 1 aromatic heterocycles. The molecule has 2 aliphatic heterocycles. The van der Waals surface area contributed by atoms with Gasteiger partial charge in [-0.15, -0.1) is 0 Å². The number of nitrogens with zero attached hydrogens (tertiary/aromatic N) is 2. The first kappa shape index (κ1) is 22.8. The number of carboxylic acids is 1. The Morgan fingerprint density at radius 3 is 2.50 bits per heavy atom. The molecule has 1 atom stereocenters. The van der Waals surface area contributed by atoms with Crippen molar-refractivity contribution in [1.82, 2.24) is 10.3 Å². The summed E-state index contributed by atoms with van der Waals surface area (Å²) in [6.07, 6.45) is 6.15. The summed E-state index contributed by atoms with van der Waals surface area (Å²) in [5, 5.41) is 13.5. The van der Waals surface area contributed by atoms with Gasteiger partial charge in [-0.05, 0) is 64.5 Å². The van der Waals surface area contributed by atoms with E-state index in [1.165, 1.54) is 5.57 Å². The van der Waals surface area contributed by atoms with Crippen molar-refractivity contribution in [1.29, 1.82) is 0 Å². The van der Waals surface area contributed by atoms with E-state index >= 15 is 0 Å². The van der Waals surface area contributed by atoms with Crippen molar-refractivity contribution in [2.45, 2.75) is 72.5 Å². The van der Waals surface area contributed by atoms with Gasteiger partial charge in [-0.25, -0.2) is 4.79 Å². The smallest absolute Gasteiger partial charge is 0.337 e. The Labute approximate surface area is 180 Å². The maximum atomic E-state index is 12.4. The van der Waals surface area contributed by atoms with Crippen molar-refractivity contribution in [2.24, 2.45) is 5.41 Å². The monoisotopic (exact) mass is 415 g/mol. The Bertz CT molecular complexity index is 814. The molecule has 1 saturated heterocycles. The number of carbonyl (C=O) groups is 1. The molecular weight excluding hydrogens is 378 g/mol. The summed E-state index contributed by atoms with van der Waals surface area (Å²) in [7, 11) is 0. The number of hydrogen-bond acceptors (Lipinski definition) is 5. The number of pyridine rings is 1. The van der Waals surface area contributed by atoms with Crippen LogP contribution in [0, 0.1) is 12.3 Å². The third-order valence-electron chi connectivity index (χ3n) is 6.09. The topological polar surface area (TPSA) is 74.7 Å². The highest BCUT2D eigenvalue weighted by molar-refractivity contribution is 5.85. The Morgan fingerprint density at radius 2 is 1.97 bits per heavy atom. The molecule has 0 aliphatic carbocycles. The third kappa shape index (κ3) is 5.22. The van der Waals surface area contributed by atoms with Crippen LogP contribution in [-0.4, -0.2) is 47.8 Å². The largest absolute Gasteiger partial charge is 0.479 e. The van der Waals surface area contributed by atoms with Gasteiger partial charge in [-0.1, -0.05) is 19.9 Å². The lowest BCUT2D eigenvalue weighted by atomic mass is 9.82. The molecule has 3 rings (SSSR count). The number of aryl methyl sites for hydroxylation is 1. The Morgan fingerprint density at radius 1 is 1.30 bits per heavy atom. The van der Waals surface area contributed by atoms with Crippen LogP contribution >= 0.6 is 0 Å². The van der Waals surface area contributed by atoms with E-state index in [4.69, 9.17) is 4.74 Å². The highest BCUT2D eigenvalue weighted by atomic mass is 16.5. The van der Waals surface area contributed by atoms with Gasteiger partial charge in [0.05, 0.1) is 11.3 Å². The molecule has 30 heavy (non-hydrogen) atoms. The van der Waals surface area contributed by atoms with Crippen LogP contribution in [0.2, 0.25) is 0 Å². The van der Waals surface area contributed by atoms with E-state index < -0.39 is 17.7 Å². The molecule has 2 N–H and O–H groups in total. The molecule has 1 unspecified atom stereocenters. The lowest BCUT2D eigenvalue weighted by molar-refractivity contribution is -0.160. The van der Waals surface area contributed by atoms with Gasteiger partial charge in [0, 0.05) is 42.7 Å². The van der Waals surface area contributed by atoms with Crippen LogP contribution in [0.3, 0.4) is 0 Å². The summed E-state index contributed by atoms with van der Waals surface area (Å²) in [5.74, 6) is -0.968. The maximum absolute atomic E-state index is 12.4. The van der Waals surface area contributed by atoms with Gasteiger partial charge < -0.3 is 20.1 Å². The first-order valence-corrected chi connectivity index (χ1v) is 11.0. The fourth-order valence-electron chi connectivity index (χ4n) is 4.29. The number of aliphatic carboxylic acids is 1. The third-order valence-corrected chi connectivity index (χ3v) is 6.09. The normalized spacial score (nSPS) is 20.6. The summed E-state index contributed by atoms with van der Waals surface area (Å²) in [6, 6.07) is 0. The molecule has 0 radical (unpaired) electrons. The minimum absolute atomic E-state index is 0.307. The lowest BCUT2D eigenvalue weighted by Gasteiger charge is -2.41. The highest BCUT2D eigenvalue weighted by Gasteiger charge is 2.36. The van der Waals surface area contributed by atoms with Crippen LogP contribution in [0.5, 0.6) is 0 Å². The molecule has 2 aliphatic rings. The number of rotatable bonds is 5. The van der Waals surface area contributed by atoms with Gasteiger partial charge in [0.15, 0.2) is 6.10 Å². The zero-order valence-electron chi connectivity index (χ0n) is 19.3. The van der Waals surface area contributed by atoms with Crippen molar-refractivity contribution in [3.8, 4) is 0 Å². The average molecular weight is 416 g/mol. The minimum atomic E-state index is -1.05. The Hall–Kier alpha value is -1.92. The van der Waals surface area contributed by atoms with Crippen LogP contribution in [0.15, 0.2) is 12.3 Å². The summed E-state index contributed by atoms with van der Waals surface area (Å²) in [4.78, 5) is 19.4. The van der Waals surface area contributed by atoms with E-state index in [0.29, 0.717) is 11.0 Å². The molecule has 3 heterocycles. The van der Waals surface area contributed by atoms with Crippen molar-refractivity contribution in [3.63, 3.8) is 0 Å². The summed E-state index contributed by atoms with van der Waals surface area (Å²) >= 11 is 0. The molecular formula is C24H37N3O3. The molecule has 1 aromatic rings. The second-order valence-corrected chi connectivity index (χ2v) is 10.3. The van der Waals surface area contributed by atoms with Crippen LogP contribution in [0.25, 0.3) is 5.57 Å². The van der Waals surface area contributed by atoms with Crippen molar-refractivity contribution in [3.05, 3.63) is 29.1 Å². The molecule has 0 bridgehead atoms. The first-order valence-electron chi connectivity index (χ1n) is 11.0. The van der Waals surface area contributed by atoms with Gasteiger partial charge in [0.25, 0.3) is 0 Å². The van der Waals surface area contributed by atoms with Crippen molar-refractivity contribution >= 4 is 17.2 Å². The van der Waals surface area contributed by atoms with Gasteiger partial charge in [0.2, 0.25) is 0 Å².